The second kappa shape index (κ2) is 7.27. The molecule has 0 amide bonds. The van der Waals surface area contributed by atoms with Crippen LogP contribution in [0.25, 0.3) is 0 Å². The van der Waals surface area contributed by atoms with Crippen molar-refractivity contribution in [1.29, 1.82) is 0 Å². The molecular weight excluding hydrogens is 350 g/mol. The first-order chi connectivity index (χ1) is 12.3. The number of hydrogen-bond acceptors (Lipinski definition) is 4. The Balaban J connectivity index is 1.55. The van der Waals surface area contributed by atoms with E-state index in [1.165, 1.54) is 5.56 Å². The van der Waals surface area contributed by atoms with Gasteiger partial charge in [-0.15, -0.1) is 0 Å². The molecule has 1 heterocycles. The van der Waals surface area contributed by atoms with Crippen molar-refractivity contribution in [3.63, 3.8) is 0 Å². The highest BCUT2D eigenvalue weighted by Crippen LogP contribution is 2.48. The predicted octanol–water partition coefficient (Wildman–Crippen LogP) is 3.42. The average Bonchev–Trinajstić information content (AvgIpc) is 3.22. The minimum absolute atomic E-state index is 0.147. The molecule has 1 aliphatic rings. The molecule has 1 aromatic carbocycles. The number of guanidine groups is 1. The molecule has 140 valence electrons. The van der Waals surface area contributed by atoms with Crippen molar-refractivity contribution >= 4 is 17.6 Å². The van der Waals surface area contributed by atoms with E-state index in [0.717, 1.165) is 30.4 Å². The van der Waals surface area contributed by atoms with Crippen LogP contribution in [0.1, 0.15) is 50.9 Å². The van der Waals surface area contributed by atoms with Gasteiger partial charge in [0.1, 0.15) is 0 Å². The monoisotopic (exact) mass is 375 g/mol. The van der Waals surface area contributed by atoms with E-state index >= 15 is 0 Å². The van der Waals surface area contributed by atoms with Crippen LogP contribution >= 0.6 is 11.6 Å². The zero-order valence-corrected chi connectivity index (χ0v) is 16.5. The lowest BCUT2D eigenvalue weighted by Crippen LogP contribution is -2.41. The number of rotatable bonds is 5. The number of benzene rings is 1. The first kappa shape index (κ1) is 18.7. The molecular formula is C19H26ClN5O. The number of aliphatic imine (C=N–C) groups is 1. The van der Waals surface area contributed by atoms with Crippen molar-refractivity contribution in [3.8, 4) is 0 Å². The second-order valence-electron chi connectivity index (χ2n) is 7.84. The third kappa shape index (κ3) is 4.36. The Hall–Kier alpha value is -2.08. The van der Waals surface area contributed by atoms with Gasteiger partial charge in [-0.25, -0.2) is 0 Å². The molecule has 1 fully saturated rings. The molecule has 0 radical (unpaired) electrons. The van der Waals surface area contributed by atoms with Crippen molar-refractivity contribution in [1.82, 2.24) is 20.8 Å². The summed E-state index contributed by atoms with van der Waals surface area (Å²) in [4.78, 5) is 8.71. The zero-order valence-electron chi connectivity index (χ0n) is 15.8. The summed E-state index contributed by atoms with van der Waals surface area (Å²) in [6.07, 6.45) is 2.30. The largest absolute Gasteiger partial charge is 0.356 e. The first-order valence-corrected chi connectivity index (χ1v) is 9.24. The van der Waals surface area contributed by atoms with E-state index in [-0.39, 0.29) is 10.8 Å². The summed E-state index contributed by atoms with van der Waals surface area (Å²) in [6, 6.07) is 8.11. The van der Waals surface area contributed by atoms with Crippen LogP contribution in [0, 0.1) is 0 Å². The van der Waals surface area contributed by atoms with Crippen molar-refractivity contribution in [2.45, 2.75) is 51.0 Å². The van der Waals surface area contributed by atoms with Gasteiger partial charge < -0.3 is 15.2 Å². The lowest BCUT2D eigenvalue weighted by molar-refractivity contribution is 0.318. The van der Waals surface area contributed by atoms with Crippen LogP contribution in [0.2, 0.25) is 5.02 Å². The molecule has 1 saturated carbocycles. The van der Waals surface area contributed by atoms with Gasteiger partial charge in [0, 0.05) is 29.4 Å². The predicted molar refractivity (Wildman–Crippen MR) is 104 cm³/mol. The van der Waals surface area contributed by atoms with E-state index < -0.39 is 0 Å². The zero-order chi connectivity index (χ0) is 18.8. The highest BCUT2D eigenvalue weighted by atomic mass is 35.5. The number of halogens is 1. The molecule has 0 saturated heterocycles. The van der Waals surface area contributed by atoms with Crippen molar-refractivity contribution in [2.75, 3.05) is 13.6 Å². The van der Waals surface area contributed by atoms with Crippen molar-refractivity contribution in [2.24, 2.45) is 4.99 Å². The fourth-order valence-corrected chi connectivity index (χ4v) is 2.99. The summed E-state index contributed by atoms with van der Waals surface area (Å²) in [6.45, 7) is 7.41. The number of hydrogen-bond donors (Lipinski definition) is 2. The molecule has 6 nitrogen and oxygen atoms in total. The molecule has 0 bridgehead atoms. The minimum atomic E-state index is -0.152. The molecule has 7 heteroatoms. The van der Waals surface area contributed by atoms with Crippen LogP contribution in [0.3, 0.4) is 0 Å². The normalized spacial score (nSPS) is 16.4. The smallest absolute Gasteiger partial charge is 0.232 e. The van der Waals surface area contributed by atoms with Gasteiger partial charge in [-0.05, 0) is 30.5 Å². The quantitative estimate of drug-likeness (QED) is 0.618. The van der Waals surface area contributed by atoms with Crippen LogP contribution in [-0.2, 0) is 17.4 Å². The van der Waals surface area contributed by atoms with E-state index in [2.05, 4.69) is 37.9 Å². The van der Waals surface area contributed by atoms with E-state index in [1.54, 1.807) is 7.05 Å². The summed E-state index contributed by atoms with van der Waals surface area (Å²) in [5.74, 6) is 1.98. The van der Waals surface area contributed by atoms with Crippen LogP contribution in [0.4, 0.5) is 0 Å². The highest BCUT2D eigenvalue weighted by molar-refractivity contribution is 6.30. The molecule has 2 aromatic rings. The standard InChI is InChI=1S/C19H26ClN5O/c1-18(2,3)16-24-15(25-26-16)11-22-17(21-4)23-12-19(8-9-19)13-6-5-7-14(20)10-13/h5-7,10H,8-9,11-12H2,1-4H3,(H2,21,22,23). The van der Waals surface area contributed by atoms with Crippen molar-refractivity contribution in [3.05, 3.63) is 46.6 Å². The fourth-order valence-electron chi connectivity index (χ4n) is 2.80. The SMILES string of the molecule is CN=C(NCc1noc(C(C)(C)C)n1)NCC1(c2cccc(Cl)c2)CC1. The van der Waals surface area contributed by atoms with Gasteiger partial charge in [-0.2, -0.15) is 4.98 Å². The Morgan fingerprint density at radius 3 is 2.65 bits per heavy atom. The molecule has 2 N–H and O–H groups in total. The Bertz CT molecular complexity index is 789. The Labute approximate surface area is 159 Å². The number of aromatic nitrogens is 2. The van der Waals surface area contributed by atoms with Gasteiger partial charge in [-0.1, -0.05) is 49.7 Å². The fraction of sp³-hybridized carbons (Fsp3) is 0.526. The molecule has 26 heavy (non-hydrogen) atoms. The van der Waals surface area contributed by atoms with Gasteiger partial charge in [-0.3, -0.25) is 4.99 Å². The molecule has 0 aliphatic heterocycles. The van der Waals surface area contributed by atoms with Gasteiger partial charge >= 0.3 is 0 Å². The van der Waals surface area contributed by atoms with Crippen LogP contribution in [0.15, 0.2) is 33.8 Å². The Kier molecular flexibility index (Phi) is 5.23. The molecule has 0 atom stereocenters. The topological polar surface area (TPSA) is 75.3 Å². The summed E-state index contributed by atoms with van der Waals surface area (Å²) in [5.41, 5.74) is 1.27. The highest BCUT2D eigenvalue weighted by Gasteiger charge is 2.44. The maximum Gasteiger partial charge on any atom is 0.232 e. The molecule has 0 spiro atoms. The van der Waals surface area contributed by atoms with Crippen molar-refractivity contribution < 1.29 is 4.52 Å². The molecule has 0 unspecified atom stereocenters. The maximum absolute atomic E-state index is 6.14. The third-order valence-corrected chi connectivity index (χ3v) is 4.87. The van der Waals surface area contributed by atoms with E-state index in [1.807, 2.05) is 32.9 Å². The Morgan fingerprint density at radius 1 is 1.31 bits per heavy atom. The Morgan fingerprint density at radius 2 is 2.08 bits per heavy atom. The summed E-state index contributed by atoms with van der Waals surface area (Å²) >= 11 is 6.14. The number of nitrogens with one attached hydrogen (secondary N) is 2. The third-order valence-electron chi connectivity index (χ3n) is 4.63. The summed E-state index contributed by atoms with van der Waals surface area (Å²) < 4.78 is 5.31. The second-order valence-corrected chi connectivity index (χ2v) is 8.27. The average molecular weight is 376 g/mol. The van der Waals surface area contributed by atoms with E-state index in [0.29, 0.717) is 18.3 Å². The van der Waals surface area contributed by atoms with Gasteiger partial charge in [0.2, 0.25) is 5.89 Å². The lowest BCUT2D eigenvalue weighted by Gasteiger charge is -2.19. The van der Waals surface area contributed by atoms with Gasteiger partial charge in [0.05, 0.1) is 6.54 Å². The van der Waals surface area contributed by atoms with Gasteiger partial charge in [0.15, 0.2) is 11.8 Å². The molecule has 3 rings (SSSR count). The van der Waals surface area contributed by atoms with Crippen LogP contribution in [0.5, 0.6) is 0 Å². The maximum atomic E-state index is 6.14. The first-order valence-electron chi connectivity index (χ1n) is 8.86. The van der Waals surface area contributed by atoms with E-state index in [9.17, 15) is 0 Å². The van der Waals surface area contributed by atoms with Crippen LogP contribution in [-0.4, -0.2) is 29.7 Å². The number of nitrogens with zero attached hydrogens (tertiary/aromatic N) is 3. The molecule has 1 aromatic heterocycles. The van der Waals surface area contributed by atoms with Crippen LogP contribution < -0.4 is 10.6 Å². The molecule has 1 aliphatic carbocycles. The van der Waals surface area contributed by atoms with E-state index in [4.69, 9.17) is 16.1 Å². The van der Waals surface area contributed by atoms with Gasteiger partial charge in [0.25, 0.3) is 0 Å². The lowest BCUT2D eigenvalue weighted by atomic mass is 9.96. The summed E-state index contributed by atoms with van der Waals surface area (Å²) in [7, 11) is 1.76. The minimum Gasteiger partial charge on any atom is -0.356 e. The summed E-state index contributed by atoms with van der Waals surface area (Å²) in [5, 5.41) is 11.5.